The molecule has 0 atom stereocenters. The Balaban J connectivity index is 3.74. The third-order valence-corrected chi connectivity index (χ3v) is 4.83. The van der Waals surface area contributed by atoms with Crippen molar-refractivity contribution in [3.05, 3.63) is 44.1 Å². The van der Waals surface area contributed by atoms with E-state index in [-0.39, 0.29) is 16.5 Å². The minimum absolute atomic E-state index is 0.118. The fourth-order valence-electron chi connectivity index (χ4n) is 1.58. The van der Waals surface area contributed by atoms with E-state index in [9.17, 15) is 14.4 Å². The van der Waals surface area contributed by atoms with Crippen molar-refractivity contribution in [2.75, 3.05) is 0 Å². The van der Waals surface area contributed by atoms with E-state index < -0.39 is 38.5 Å². The van der Waals surface area contributed by atoms with Crippen molar-refractivity contribution in [1.82, 2.24) is 11.9 Å². The molecule has 0 saturated heterocycles. The fourth-order valence-corrected chi connectivity index (χ4v) is 3.67. The quantitative estimate of drug-likeness (QED) is 0.315. The molecular formula is C12H19IN3O3-. The van der Waals surface area contributed by atoms with E-state index in [1.54, 1.807) is 13.8 Å². The second kappa shape index (κ2) is 6.36. The van der Waals surface area contributed by atoms with Crippen LogP contribution in [0.2, 0.25) is 0 Å². The molecule has 0 aliphatic heterocycles. The molecule has 0 bridgehead atoms. The zero-order valence-corrected chi connectivity index (χ0v) is 13.7. The molecule has 0 spiro atoms. The first-order valence-electron chi connectivity index (χ1n) is 6.04. The summed E-state index contributed by atoms with van der Waals surface area (Å²) < 4.78 is 3.68. The molecule has 19 heavy (non-hydrogen) atoms. The third kappa shape index (κ3) is 3.26. The van der Waals surface area contributed by atoms with E-state index in [1.807, 2.05) is 13.8 Å². The van der Waals surface area contributed by atoms with Crippen molar-refractivity contribution in [3.8, 4) is 0 Å². The maximum absolute atomic E-state index is 12.3. The van der Waals surface area contributed by atoms with Crippen LogP contribution in [0, 0.1) is 0 Å². The third-order valence-electron chi connectivity index (χ3n) is 2.33. The second-order valence-corrected chi connectivity index (χ2v) is 8.62. The average molecular weight is 380 g/mol. The number of nitrogens with zero attached hydrogens (tertiary/aromatic N) is 3. The Bertz CT molecular complexity index is 637. The predicted molar refractivity (Wildman–Crippen MR) is 70.3 cm³/mol. The van der Waals surface area contributed by atoms with E-state index in [0.29, 0.717) is 0 Å². The van der Waals surface area contributed by atoms with Gasteiger partial charge in [-0.05, 0) is 0 Å². The van der Waals surface area contributed by atoms with Gasteiger partial charge in [0.2, 0.25) is 0 Å². The summed E-state index contributed by atoms with van der Waals surface area (Å²) >= 11 is -0.783. The van der Waals surface area contributed by atoms with Crippen molar-refractivity contribution < 1.29 is 21.5 Å². The summed E-state index contributed by atoms with van der Waals surface area (Å²) in [6, 6.07) is -0.279. The van der Waals surface area contributed by atoms with E-state index in [2.05, 4.69) is 6.58 Å². The molecule has 108 valence electrons. The van der Waals surface area contributed by atoms with Gasteiger partial charge in [-0.25, -0.2) is 0 Å². The molecular weight excluding hydrogens is 361 g/mol. The Morgan fingerprint density at radius 3 is 2.11 bits per heavy atom. The summed E-state index contributed by atoms with van der Waals surface area (Å²) in [4.78, 5) is 36.6. The van der Waals surface area contributed by atoms with Crippen LogP contribution in [0.1, 0.15) is 33.7 Å². The van der Waals surface area contributed by atoms with Crippen molar-refractivity contribution in [2.24, 2.45) is 0 Å². The Labute approximate surface area is 122 Å². The molecule has 0 unspecified atom stereocenters. The van der Waals surface area contributed by atoms with Gasteiger partial charge in [0, 0.05) is 0 Å². The number of rotatable bonds is 5. The molecule has 0 radical (unpaired) electrons. The molecule has 1 aromatic heterocycles. The van der Waals surface area contributed by atoms with Crippen LogP contribution < -0.4 is 38.5 Å². The minimum atomic E-state index is -0.783. The second-order valence-electron chi connectivity index (χ2n) is 4.60. The van der Waals surface area contributed by atoms with Crippen molar-refractivity contribution in [1.29, 1.82) is 0 Å². The molecule has 0 aromatic carbocycles. The van der Waals surface area contributed by atoms with E-state index in [0.717, 1.165) is 9.13 Å². The number of halogens is 1. The van der Waals surface area contributed by atoms with Crippen LogP contribution in [-0.4, -0.2) is 15.8 Å². The van der Waals surface area contributed by atoms with Crippen LogP contribution in [0.25, 0.3) is 0 Å². The normalized spacial score (nSPS) is 11.5. The Hall–Kier alpha value is -1.12. The van der Waals surface area contributed by atoms with Gasteiger partial charge < -0.3 is 0 Å². The van der Waals surface area contributed by atoms with Gasteiger partial charge >= 0.3 is 122 Å². The number of hydrogen-bond acceptors (Lipinski definition) is 3. The predicted octanol–water partition coefficient (Wildman–Crippen LogP) is -2.80. The molecule has 1 heterocycles. The molecule has 0 aliphatic carbocycles. The van der Waals surface area contributed by atoms with Gasteiger partial charge in [0.05, 0.1) is 0 Å². The van der Waals surface area contributed by atoms with Crippen LogP contribution in [0.4, 0.5) is 0 Å². The average Bonchev–Trinajstić information content (AvgIpc) is 2.29. The monoisotopic (exact) mass is 380 g/mol. The number of alkyl halides is 1. The van der Waals surface area contributed by atoms with Crippen LogP contribution in [0.3, 0.4) is 0 Å². The summed E-state index contributed by atoms with van der Waals surface area (Å²) in [5.74, 6) is 0. The Morgan fingerprint density at radius 2 is 1.68 bits per heavy atom. The van der Waals surface area contributed by atoms with Crippen molar-refractivity contribution >= 4 is 0 Å². The van der Waals surface area contributed by atoms with E-state index in [1.165, 1.54) is 8.86 Å². The first-order valence-corrected chi connectivity index (χ1v) is 8.25. The molecule has 0 N–H and O–H groups in total. The Morgan fingerprint density at radius 1 is 1.11 bits per heavy atom. The fraction of sp³-hybridized carbons (Fsp3) is 0.583. The Kier molecular flexibility index (Phi) is 5.33. The van der Waals surface area contributed by atoms with Gasteiger partial charge in [0.1, 0.15) is 0 Å². The number of allylic oxidation sites excluding steroid dienone is 1. The van der Waals surface area contributed by atoms with Gasteiger partial charge in [0.15, 0.2) is 0 Å². The van der Waals surface area contributed by atoms with E-state index >= 15 is 0 Å². The van der Waals surface area contributed by atoms with Gasteiger partial charge in [0.25, 0.3) is 0 Å². The van der Waals surface area contributed by atoms with Crippen LogP contribution in [0.5, 0.6) is 0 Å². The van der Waals surface area contributed by atoms with Gasteiger partial charge in [-0.15, -0.1) is 0 Å². The molecule has 0 fully saturated rings. The zero-order valence-electron chi connectivity index (χ0n) is 11.6. The SMILES string of the molecule is C=CCn1c(=O)n([I-]C(C)C)c(=O)n(C(C)C)c1=O. The summed E-state index contributed by atoms with van der Waals surface area (Å²) in [7, 11) is 0. The first kappa shape index (κ1) is 15.9. The van der Waals surface area contributed by atoms with Gasteiger partial charge in [-0.3, -0.25) is 0 Å². The van der Waals surface area contributed by atoms with Gasteiger partial charge in [-0.2, -0.15) is 0 Å². The molecule has 7 heteroatoms. The maximum atomic E-state index is 12.3. The molecule has 0 amide bonds. The molecule has 1 rings (SSSR count). The van der Waals surface area contributed by atoms with Crippen LogP contribution in [0.15, 0.2) is 27.0 Å². The van der Waals surface area contributed by atoms with Gasteiger partial charge in [-0.1, -0.05) is 0 Å². The summed E-state index contributed by atoms with van der Waals surface area (Å²) in [5.41, 5.74) is -1.57. The standard InChI is InChI=1S/C12H19IN3O3/c1-6-7-14-10(17)15(9(4)5)12(19)16(11(14)18)13-8(2)3/h6,8-9H,1,7H2,2-5H3/q-1. The summed E-state index contributed by atoms with van der Waals surface area (Å²) in [6.45, 7) is 11.1. The first-order chi connectivity index (χ1) is 8.81. The van der Waals surface area contributed by atoms with Crippen molar-refractivity contribution in [3.63, 3.8) is 0 Å². The van der Waals surface area contributed by atoms with Crippen LogP contribution >= 0.6 is 0 Å². The molecule has 1 aromatic rings. The van der Waals surface area contributed by atoms with Crippen molar-refractivity contribution in [2.45, 2.75) is 44.2 Å². The topological polar surface area (TPSA) is 66.0 Å². The molecule has 0 saturated carbocycles. The number of aromatic nitrogens is 3. The van der Waals surface area contributed by atoms with E-state index in [4.69, 9.17) is 0 Å². The zero-order chi connectivity index (χ0) is 14.7. The molecule has 6 nitrogen and oxygen atoms in total. The summed E-state index contributed by atoms with van der Waals surface area (Å²) in [6.07, 6.45) is 1.48. The van der Waals surface area contributed by atoms with Crippen LogP contribution in [-0.2, 0) is 6.54 Å². The number of hydrogen-bond donors (Lipinski definition) is 0. The summed E-state index contributed by atoms with van der Waals surface area (Å²) in [5, 5.41) is 0. The molecule has 0 aliphatic rings.